The number of primary sulfonamides is 1. The van der Waals surface area contributed by atoms with Crippen molar-refractivity contribution in [3.63, 3.8) is 0 Å². The Morgan fingerprint density at radius 1 is 1.41 bits per heavy atom. The van der Waals surface area contributed by atoms with E-state index in [1.54, 1.807) is 12.1 Å². The molecule has 1 aromatic carbocycles. The lowest BCUT2D eigenvalue weighted by atomic mass is 10.00. The van der Waals surface area contributed by atoms with Crippen LogP contribution in [0.15, 0.2) is 29.2 Å². The van der Waals surface area contributed by atoms with Gasteiger partial charge in [0.25, 0.3) is 0 Å². The first kappa shape index (κ1) is 16.9. The molecule has 122 valence electrons. The van der Waals surface area contributed by atoms with Crippen molar-refractivity contribution in [2.24, 2.45) is 5.14 Å². The van der Waals surface area contributed by atoms with Crippen LogP contribution in [0.25, 0.3) is 0 Å². The van der Waals surface area contributed by atoms with Crippen LogP contribution in [0.1, 0.15) is 32.6 Å². The first-order valence-electron chi connectivity index (χ1n) is 7.57. The van der Waals surface area contributed by atoms with Crippen molar-refractivity contribution in [2.75, 3.05) is 18.4 Å². The second-order valence-electron chi connectivity index (χ2n) is 5.65. The summed E-state index contributed by atoms with van der Waals surface area (Å²) in [5.41, 5.74) is 0.446. The summed E-state index contributed by atoms with van der Waals surface area (Å²) in [5.74, 6) is -0.132. The third kappa shape index (κ3) is 4.53. The first-order chi connectivity index (χ1) is 10.4. The lowest BCUT2D eigenvalue weighted by Gasteiger charge is -2.34. The summed E-state index contributed by atoms with van der Waals surface area (Å²) >= 11 is 0. The summed E-state index contributed by atoms with van der Waals surface area (Å²) in [6, 6.07) is 6.45. The molecule has 1 atom stereocenters. The largest absolute Gasteiger partial charge is 0.325 e. The molecule has 22 heavy (non-hydrogen) atoms. The van der Waals surface area contributed by atoms with Crippen LogP contribution in [0.5, 0.6) is 0 Å². The predicted molar refractivity (Wildman–Crippen MR) is 85.9 cm³/mol. The topological polar surface area (TPSA) is 92.5 Å². The quantitative estimate of drug-likeness (QED) is 0.859. The summed E-state index contributed by atoms with van der Waals surface area (Å²) in [6.45, 7) is 3.40. The van der Waals surface area contributed by atoms with E-state index >= 15 is 0 Å². The van der Waals surface area contributed by atoms with Gasteiger partial charge in [0.1, 0.15) is 0 Å². The highest BCUT2D eigenvalue weighted by Crippen LogP contribution is 2.19. The number of likely N-dealkylation sites (tertiary alicyclic amines) is 1. The van der Waals surface area contributed by atoms with E-state index in [9.17, 15) is 13.2 Å². The molecule has 3 N–H and O–H groups in total. The lowest BCUT2D eigenvalue weighted by Crippen LogP contribution is -2.43. The number of nitrogens with zero attached hydrogens (tertiary/aromatic N) is 1. The number of hydrogen-bond donors (Lipinski definition) is 2. The Bertz CT molecular complexity index is 631. The fraction of sp³-hybridized carbons (Fsp3) is 0.533. The molecule has 0 bridgehead atoms. The fourth-order valence-corrected chi connectivity index (χ4v) is 3.43. The van der Waals surface area contributed by atoms with E-state index in [0.29, 0.717) is 18.3 Å². The number of carbonyl (C=O) groups is 1. The molecule has 6 nitrogen and oxygen atoms in total. The van der Waals surface area contributed by atoms with E-state index in [2.05, 4.69) is 17.1 Å². The summed E-state index contributed by atoms with van der Waals surface area (Å²) in [7, 11) is -3.76. The molecule has 1 aliphatic rings. The van der Waals surface area contributed by atoms with Crippen LogP contribution in [0, 0.1) is 0 Å². The maximum atomic E-state index is 12.2. The Kier molecular flexibility index (Phi) is 5.55. The van der Waals surface area contributed by atoms with Gasteiger partial charge in [-0.3, -0.25) is 9.69 Å². The van der Waals surface area contributed by atoms with Gasteiger partial charge in [0.05, 0.1) is 11.4 Å². The molecule has 1 aliphatic heterocycles. The number of carbonyl (C=O) groups excluding carboxylic acids is 1. The fourth-order valence-electron chi connectivity index (χ4n) is 2.87. The zero-order chi connectivity index (χ0) is 16.2. The zero-order valence-electron chi connectivity index (χ0n) is 12.8. The van der Waals surface area contributed by atoms with E-state index < -0.39 is 10.0 Å². The van der Waals surface area contributed by atoms with Gasteiger partial charge >= 0.3 is 0 Å². The van der Waals surface area contributed by atoms with Crippen LogP contribution in [0.2, 0.25) is 0 Å². The first-order valence-corrected chi connectivity index (χ1v) is 9.11. The smallest absolute Gasteiger partial charge is 0.238 e. The minimum atomic E-state index is -3.76. The molecule has 1 heterocycles. The molecule has 1 aromatic rings. The van der Waals surface area contributed by atoms with E-state index in [1.165, 1.54) is 18.6 Å². The van der Waals surface area contributed by atoms with E-state index in [0.717, 1.165) is 25.8 Å². The number of benzene rings is 1. The Labute approximate surface area is 131 Å². The van der Waals surface area contributed by atoms with Crippen LogP contribution in [-0.2, 0) is 14.8 Å². The van der Waals surface area contributed by atoms with Crippen LogP contribution in [-0.4, -0.2) is 38.4 Å². The van der Waals surface area contributed by atoms with Gasteiger partial charge in [0, 0.05) is 11.7 Å². The van der Waals surface area contributed by atoms with Gasteiger partial charge in [-0.15, -0.1) is 0 Å². The van der Waals surface area contributed by atoms with Gasteiger partial charge in [-0.05, 0) is 44.0 Å². The molecule has 1 amide bonds. The van der Waals surface area contributed by atoms with Crippen LogP contribution < -0.4 is 10.5 Å². The SMILES string of the molecule is CC[C@H]1CCCCN1CC(=O)Nc1cccc(S(N)(=O)=O)c1. The minimum absolute atomic E-state index is 0.00490. The van der Waals surface area contributed by atoms with Gasteiger partial charge < -0.3 is 5.32 Å². The number of nitrogens with two attached hydrogens (primary N) is 1. The van der Waals surface area contributed by atoms with Crippen LogP contribution in [0.4, 0.5) is 5.69 Å². The third-order valence-corrected chi connectivity index (χ3v) is 4.92. The molecule has 7 heteroatoms. The molecule has 1 fully saturated rings. The minimum Gasteiger partial charge on any atom is -0.325 e. The second kappa shape index (κ2) is 7.21. The lowest BCUT2D eigenvalue weighted by molar-refractivity contribution is -0.118. The number of hydrogen-bond acceptors (Lipinski definition) is 4. The Morgan fingerprint density at radius 2 is 2.18 bits per heavy atom. The Hall–Kier alpha value is -1.44. The van der Waals surface area contributed by atoms with Crippen molar-refractivity contribution in [2.45, 2.75) is 43.5 Å². The third-order valence-electron chi connectivity index (χ3n) is 4.01. The average molecular weight is 325 g/mol. The van der Waals surface area contributed by atoms with E-state index in [1.807, 2.05) is 0 Å². The van der Waals surface area contributed by atoms with Crippen LogP contribution in [0.3, 0.4) is 0 Å². The zero-order valence-corrected chi connectivity index (χ0v) is 13.6. The molecular formula is C15H23N3O3S. The van der Waals surface area contributed by atoms with Gasteiger partial charge in [-0.1, -0.05) is 19.4 Å². The summed E-state index contributed by atoms with van der Waals surface area (Å²) < 4.78 is 22.7. The number of piperidine rings is 1. The molecule has 0 aliphatic carbocycles. The normalized spacial score (nSPS) is 19.8. The number of sulfonamides is 1. The van der Waals surface area contributed by atoms with Gasteiger partial charge in [-0.25, -0.2) is 13.6 Å². The maximum Gasteiger partial charge on any atom is 0.238 e. The van der Waals surface area contributed by atoms with Gasteiger partial charge in [-0.2, -0.15) is 0 Å². The summed E-state index contributed by atoms with van der Waals surface area (Å²) in [4.78, 5) is 14.4. The van der Waals surface area contributed by atoms with Crippen molar-refractivity contribution in [1.29, 1.82) is 0 Å². The summed E-state index contributed by atoms with van der Waals surface area (Å²) in [5, 5.41) is 7.84. The van der Waals surface area contributed by atoms with Crippen LogP contribution >= 0.6 is 0 Å². The predicted octanol–water partition coefficient (Wildman–Crippen LogP) is 1.54. The highest BCUT2D eigenvalue weighted by molar-refractivity contribution is 7.89. The van der Waals surface area contributed by atoms with Crippen molar-refractivity contribution in [3.8, 4) is 0 Å². The second-order valence-corrected chi connectivity index (χ2v) is 7.21. The highest BCUT2D eigenvalue weighted by atomic mass is 32.2. The number of rotatable bonds is 5. The molecule has 0 radical (unpaired) electrons. The van der Waals surface area contributed by atoms with Gasteiger partial charge in [0.15, 0.2) is 0 Å². The standard InChI is InChI=1S/C15H23N3O3S/c1-2-13-7-3-4-9-18(13)11-15(19)17-12-6-5-8-14(10-12)22(16,20)21/h5-6,8,10,13H,2-4,7,9,11H2,1H3,(H,17,19)(H2,16,20,21)/t13-/m0/s1. The monoisotopic (exact) mass is 325 g/mol. The van der Waals surface area contributed by atoms with Crippen molar-refractivity contribution < 1.29 is 13.2 Å². The molecular weight excluding hydrogens is 302 g/mol. The molecule has 2 rings (SSSR count). The van der Waals surface area contributed by atoms with Crippen molar-refractivity contribution >= 4 is 21.6 Å². The van der Waals surface area contributed by atoms with Crippen molar-refractivity contribution in [1.82, 2.24) is 4.90 Å². The maximum absolute atomic E-state index is 12.2. The number of anilines is 1. The Balaban J connectivity index is 2.00. The summed E-state index contributed by atoms with van der Waals surface area (Å²) in [6.07, 6.45) is 4.50. The van der Waals surface area contributed by atoms with Gasteiger partial charge in [0.2, 0.25) is 15.9 Å². The number of amides is 1. The molecule has 0 saturated carbocycles. The molecule has 1 saturated heterocycles. The molecule has 0 spiro atoms. The Morgan fingerprint density at radius 3 is 2.86 bits per heavy atom. The molecule has 0 unspecified atom stereocenters. The van der Waals surface area contributed by atoms with E-state index in [-0.39, 0.29) is 10.8 Å². The van der Waals surface area contributed by atoms with Crippen molar-refractivity contribution in [3.05, 3.63) is 24.3 Å². The molecule has 0 aromatic heterocycles. The highest BCUT2D eigenvalue weighted by Gasteiger charge is 2.22. The van der Waals surface area contributed by atoms with E-state index in [4.69, 9.17) is 5.14 Å². The average Bonchev–Trinajstić information content (AvgIpc) is 2.47. The number of nitrogens with one attached hydrogen (secondary N) is 1.